The molecule has 0 aliphatic carbocycles. The largest absolute Gasteiger partial charge is 0.497 e. The molecule has 1 aliphatic rings. The molecule has 3 aromatic rings. The first-order chi connectivity index (χ1) is 12.7. The number of hydrogen-bond acceptors (Lipinski definition) is 3. The first kappa shape index (κ1) is 16.3. The number of nitrogens with zero attached hydrogens (tertiary/aromatic N) is 2. The van der Waals surface area contributed by atoms with Gasteiger partial charge in [0.1, 0.15) is 11.6 Å². The number of benzene rings is 2. The van der Waals surface area contributed by atoms with E-state index in [1.807, 2.05) is 30.3 Å². The van der Waals surface area contributed by atoms with Gasteiger partial charge in [-0.3, -0.25) is 9.78 Å². The lowest BCUT2D eigenvalue weighted by Crippen LogP contribution is -2.23. The molecule has 4 rings (SSSR count). The molecule has 0 fully saturated rings. The van der Waals surface area contributed by atoms with Crippen molar-refractivity contribution in [2.24, 2.45) is 0 Å². The monoisotopic (exact) mass is 348 g/mol. The van der Waals surface area contributed by atoms with Gasteiger partial charge in [0.2, 0.25) is 0 Å². The van der Waals surface area contributed by atoms with Gasteiger partial charge in [-0.2, -0.15) is 0 Å². The number of carbonyl (C=O) groups is 1. The van der Waals surface area contributed by atoms with Crippen molar-refractivity contribution in [3.05, 3.63) is 83.4 Å². The second-order valence-corrected chi connectivity index (χ2v) is 6.19. The van der Waals surface area contributed by atoms with Crippen LogP contribution in [-0.2, 0) is 13.1 Å². The molecule has 2 heterocycles. The summed E-state index contributed by atoms with van der Waals surface area (Å²) in [5.41, 5.74) is 3.52. The van der Waals surface area contributed by atoms with Crippen molar-refractivity contribution < 1.29 is 13.9 Å². The van der Waals surface area contributed by atoms with Gasteiger partial charge in [-0.25, -0.2) is 4.39 Å². The van der Waals surface area contributed by atoms with Crippen molar-refractivity contribution in [3.8, 4) is 16.9 Å². The van der Waals surface area contributed by atoms with Crippen LogP contribution in [0.3, 0.4) is 0 Å². The highest BCUT2D eigenvalue weighted by Crippen LogP contribution is 2.27. The Hall–Kier alpha value is -3.21. The predicted molar refractivity (Wildman–Crippen MR) is 96.2 cm³/mol. The third kappa shape index (κ3) is 2.92. The minimum Gasteiger partial charge on any atom is -0.497 e. The summed E-state index contributed by atoms with van der Waals surface area (Å²) in [7, 11) is 1.61. The lowest BCUT2D eigenvalue weighted by Gasteiger charge is -2.16. The summed E-state index contributed by atoms with van der Waals surface area (Å²) in [6.45, 7) is 0.637. The zero-order valence-electron chi connectivity index (χ0n) is 14.3. The fourth-order valence-electron chi connectivity index (χ4n) is 3.15. The van der Waals surface area contributed by atoms with E-state index < -0.39 is 0 Å². The normalized spacial score (nSPS) is 13.0. The van der Waals surface area contributed by atoms with Crippen molar-refractivity contribution >= 4 is 5.91 Å². The van der Waals surface area contributed by atoms with E-state index in [9.17, 15) is 9.18 Å². The summed E-state index contributed by atoms with van der Waals surface area (Å²) < 4.78 is 19.8. The molecule has 1 amide bonds. The van der Waals surface area contributed by atoms with E-state index in [1.54, 1.807) is 36.4 Å². The lowest BCUT2D eigenvalue weighted by molar-refractivity contribution is 0.0765. The van der Waals surface area contributed by atoms with E-state index in [-0.39, 0.29) is 18.3 Å². The summed E-state index contributed by atoms with van der Waals surface area (Å²) >= 11 is 0. The Bertz CT molecular complexity index is 970. The van der Waals surface area contributed by atoms with Crippen LogP contribution < -0.4 is 4.74 Å². The van der Waals surface area contributed by atoms with Gasteiger partial charge < -0.3 is 9.64 Å². The maximum absolute atomic E-state index is 14.6. The number of rotatable bonds is 4. The average Bonchev–Trinajstić information content (AvgIpc) is 2.99. The molecule has 0 atom stereocenters. The highest BCUT2D eigenvalue weighted by atomic mass is 19.1. The number of carbonyl (C=O) groups excluding carboxylic acids is 1. The molecule has 1 aromatic heterocycles. The Morgan fingerprint density at radius 1 is 1.12 bits per heavy atom. The Morgan fingerprint density at radius 3 is 2.58 bits per heavy atom. The molecule has 4 nitrogen and oxygen atoms in total. The Balaban J connectivity index is 1.54. The standard InChI is InChI=1S/C21H17FN2O2/c1-26-17-8-6-14(7-9-17)15-4-5-16(19(22)11-15)12-24-13-20-18(21(24)25)3-2-10-23-20/h2-11H,12-13H2,1H3. The van der Waals surface area contributed by atoms with Crippen LogP contribution in [0, 0.1) is 5.82 Å². The van der Waals surface area contributed by atoms with Gasteiger partial charge in [0.15, 0.2) is 0 Å². The van der Waals surface area contributed by atoms with Gasteiger partial charge >= 0.3 is 0 Å². The Labute approximate surface area is 150 Å². The lowest BCUT2D eigenvalue weighted by atomic mass is 10.0. The molecule has 0 unspecified atom stereocenters. The summed E-state index contributed by atoms with van der Waals surface area (Å²) in [5.74, 6) is 0.327. The summed E-state index contributed by atoms with van der Waals surface area (Å²) in [4.78, 5) is 18.3. The molecule has 2 aromatic carbocycles. The van der Waals surface area contributed by atoms with E-state index in [0.29, 0.717) is 17.7 Å². The van der Waals surface area contributed by atoms with Gasteiger partial charge in [-0.15, -0.1) is 0 Å². The second kappa shape index (κ2) is 6.59. The van der Waals surface area contributed by atoms with E-state index in [1.165, 1.54) is 6.07 Å². The van der Waals surface area contributed by atoms with Crippen LogP contribution in [0.25, 0.3) is 11.1 Å². The highest BCUT2D eigenvalue weighted by molar-refractivity contribution is 5.97. The maximum Gasteiger partial charge on any atom is 0.256 e. The summed E-state index contributed by atoms with van der Waals surface area (Å²) in [5, 5.41) is 0. The molecule has 0 saturated carbocycles. The number of ether oxygens (including phenoxy) is 1. The molecule has 0 N–H and O–H groups in total. The van der Waals surface area contributed by atoms with Crippen molar-refractivity contribution in [2.45, 2.75) is 13.1 Å². The van der Waals surface area contributed by atoms with Crippen LogP contribution in [0.5, 0.6) is 5.75 Å². The predicted octanol–water partition coefficient (Wildman–Crippen LogP) is 4.05. The molecule has 0 saturated heterocycles. The van der Waals surface area contributed by atoms with Crippen LogP contribution in [0.2, 0.25) is 0 Å². The summed E-state index contributed by atoms with van der Waals surface area (Å²) in [6, 6.07) is 16.1. The molecule has 26 heavy (non-hydrogen) atoms. The first-order valence-electron chi connectivity index (χ1n) is 8.32. The number of halogens is 1. The van der Waals surface area contributed by atoms with Crippen molar-refractivity contribution in [3.63, 3.8) is 0 Å². The van der Waals surface area contributed by atoms with Crippen LogP contribution >= 0.6 is 0 Å². The highest BCUT2D eigenvalue weighted by Gasteiger charge is 2.28. The Kier molecular flexibility index (Phi) is 4.13. The van der Waals surface area contributed by atoms with E-state index in [2.05, 4.69) is 4.98 Å². The molecule has 0 spiro atoms. The first-order valence-corrected chi connectivity index (χ1v) is 8.32. The van der Waals surface area contributed by atoms with Crippen LogP contribution in [0.1, 0.15) is 21.6 Å². The molecular weight excluding hydrogens is 331 g/mol. The minimum absolute atomic E-state index is 0.105. The smallest absolute Gasteiger partial charge is 0.256 e. The van der Waals surface area contributed by atoms with E-state index >= 15 is 0 Å². The van der Waals surface area contributed by atoms with Gasteiger partial charge in [0.05, 0.1) is 24.9 Å². The quantitative estimate of drug-likeness (QED) is 0.714. The van der Waals surface area contributed by atoms with E-state index in [0.717, 1.165) is 22.6 Å². The molecule has 1 aliphatic heterocycles. The third-order valence-corrected chi connectivity index (χ3v) is 4.59. The molecular formula is C21H17FN2O2. The van der Waals surface area contributed by atoms with Crippen LogP contribution in [0.15, 0.2) is 60.8 Å². The van der Waals surface area contributed by atoms with Crippen molar-refractivity contribution in [1.82, 2.24) is 9.88 Å². The number of fused-ring (bicyclic) bond motifs is 1. The van der Waals surface area contributed by atoms with Crippen molar-refractivity contribution in [2.75, 3.05) is 7.11 Å². The SMILES string of the molecule is COc1ccc(-c2ccc(CN3Cc4ncccc4C3=O)c(F)c2)cc1. The number of amides is 1. The zero-order valence-corrected chi connectivity index (χ0v) is 14.3. The fraction of sp³-hybridized carbons (Fsp3) is 0.143. The average molecular weight is 348 g/mol. The molecule has 0 radical (unpaired) electrons. The van der Waals surface area contributed by atoms with Gasteiger partial charge in [0.25, 0.3) is 5.91 Å². The van der Waals surface area contributed by atoms with Gasteiger partial charge in [-0.1, -0.05) is 24.3 Å². The number of methoxy groups -OCH3 is 1. The molecule has 5 heteroatoms. The minimum atomic E-state index is -0.324. The summed E-state index contributed by atoms with van der Waals surface area (Å²) in [6.07, 6.45) is 1.67. The Morgan fingerprint density at radius 2 is 1.88 bits per heavy atom. The zero-order chi connectivity index (χ0) is 18.1. The second-order valence-electron chi connectivity index (χ2n) is 6.19. The molecule has 0 bridgehead atoms. The van der Waals surface area contributed by atoms with Gasteiger partial charge in [0, 0.05) is 18.3 Å². The number of aromatic nitrogens is 1. The number of hydrogen-bond donors (Lipinski definition) is 0. The maximum atomic E-state index is 14.6. The molecule has 130 valence electrons. The topological polar surface area (TPSA) is 42.4 Å². The van der Waals surface area contributed by atoms with E-state index in [4.69, 9.17) is 4.74 Å². The fourth-order valence-corrected chi connectivity index (χ4v) is 3.15. The van der Waals surface area contributed by atoms with Gasteiger partial charge in [-0.05, 0) is 41.5 Å². The van der Waals surface area contributed by atoms with Crippen LogP contribution in [-0.4, -0.2) is 22.9 Å². The van der Waals surface area contributed by atoms with Crippen LogP contribution in [0.4, 0.5) is 4.39 Å². The van der Waals surface area contributed by atoms with Crippen molar-refractivity contribution in [1.29, 1.82) is 0 Å². The number of pyridine rings is 1. The third-order valence-electron chi connectivity index (χ3n) is 4.59.